The number of ether oxygens (including phenoxy) is 6. The molecule has 2 fully saturated rings. The van der Waals surface area contributed by atoms with Crippen LogP contribution in [0.25, 0.3) is 22.3 Å². The number of carbonyl (C=O) groups is 4. The number of aromatic hydroxyl groups is 4. The number of hydrogen-bond acceptors (Lipinski definition) is 20. The van der Waals surface area contributed by atoms with Gasteiger partial charge >= 0.3 is 23.9 Å². The number of aliphatic hydroxyl groups is 4. The molecule has 22 nitrogen and oxygen atoms in total. The summed E-state index contributed by atoms with van der Waals surface area (Å²) in [5, 5.41) is 102. The Balaban J connectivity index is 1.45. The lowest BCUT2D eigenvalue weighted by atomic mass is 9.98. The van der Waals surface area contributed by atoms with E-state index in [0.29, 0.717) is 0 Å². The van der Waals surface area contributed by atoms with Crippen LogP contribution in [0.5, 0.6) is 28.7 Å². The number of phenolic OH excluding ortho intramolecular Hbond substituents is 4. The Morgan fingerprint density at radius 3 is 1.93 bits per heavy atom. The molecule has 0 unspecified atom stereocenters. The average molecular weight is 811 g/mol. The van der Waals surface area contributed by atoms with E-state index in [1.165, 1.54) is 13.0 Å². The van der Waals surface area contributed by atoms with E-state index in [4.69, 9.17) is 43.1 Å². The summed E-state index contributed by atoms with van der Waals surface area (Å²) in [6, 6.07) is 4.90. The fraction of sp³-hybridized carbons (Fsp3) is 0.457. The van der Waals surface area contributed by atoms with Gasteiger partial charge < -0.3 is 83.9 Å². The van der Waals surface area contributed by atoms with Gasteiger partial charge in [0.2, 0.25) is 17.5 Å². The molecule has 2 aromatic carbocycles. The van der Waals surface area contributed by atoms with Crippen LogP contribution in [0.3, 0.4) is 0 Å². The highest BCUT2D eigenvalue weighted by Gasteiger charge is 2.50. The van der Waals surface area contributed by atoms with Gasteiger partial charge in [0.05, 0.1) is 38.4 Å². The fourth-order valence-electron chi connectivity index (χ4n) is 5.94. The second-order valence-corrected chi connectivity index (χ2v) is 13.0. The standard InChI is InChI=1S/C35H38O22/c1-12-30(55-22(44)6-4-20(40)41)28(49)29(50)34(52-12)51-11-19-25(46)27(48)33(56-23(45)7-5-21(42)43)35(54-19)57-32-26(47)24-17(39)9-14(36)10-18(24)53-31(32)13-2-3-15(37)16(38)8-13/h2-3,8-10,12,19,25,27-30,33-39,46,48-50H,4-7,11H2,1H3,(H,40,41)(H,42,43)/t12-,19+,25+,27-,28-,29+,30-,33+,34+,35-/m0/s1. The lowest BCUT2D eigenvalue weighted by molar-refractivity contribution is -0.320. The van der Waals surface area contributed by atoms with Crippen LogP contribution in [0.2, 0.25) is 0 Å². The van der Waals surface area contributed by atoms with Crippen LogP contribution >= 0.6 is 0 Å². The van der Waals surface area contributed by atoms with E-state index in [1.807, 2.05) is 0 Å². The second-order valence-electron chi connectivity index (χ2n) is 13.0. The predicted molar refractivity (Wildman–Crippen MR) is 182 cm³/mol. The number of hydrogen-bond donors (Lipinski definition) is 10. The van der Waals surface area contributed by atoms with Gasteiger partial charge in [-0.3, -0.25) is 24.0 Å². The molecule has 1 aromatic heterocycles. The molecule has 0 aliphatic carbocycles. The lowest BCUT2D eigenvalue weighted by Crippen LogP contribution is -2.63. The van der Waals surface area contributed by atoms with Gasteiger partial charge in [0.15, 0.2) is 35.8 Å². The second kappa shape index (κ2) is 17.6. The maximum Gasteiger partial charge on any atom is 0.306 e. The van der Waals surface area contributed by atoms with Crippen molar-refractivity contribution >= 4 is 34.8 Å². The van der Waals surface area contributed by atoms with Gasteiger partial charge in [-0.25, -0.2) is 0 Å². The van der Waals surface area contributed by atoms with Crippen molar-refractivity contribution in [3.63, 3.8) is 0 Å². The monoisotopic (exact) mass is 810 g/mol. The number of fused-ring (bicyclic) bond motifs is 1. The Kier molecular flexibility index (Phi) is 13.1. The Morgan fingerprint density at radius 2 is 1.32 bits per heavy atom. The molecule has 0 amide bonds. The van der Waals surface area contributed by atoms with Gasteiger partial charge in [-0.15, -0.1) is 0 Å². The van der Waals surface area contributed by atoms with Crippen LogP contribution in [0, 0.1) is 0 Å². The summed E-state index contributed by atoms with van der Waals surface area (Å²) in [5.74, 6) is -8.82. The first-order chi connectivity index (χ1) is 26.9. The molecule has 2 aliphatic rings. The molecule has 0 saturated carbocycles. The Hall–Kier alpha value is -5.75. The zero-order valence-corrected chi connectivity index (χ0v) is 29.6. The normalized spacial score (nSPS) is 27.4. The Labute approximate surface area is 319 Å². The van der Waals surface area contributed by atoms with Crippen molar-refractivity contribution in [3.05, 3.63) is 40.6 Å². The largest absolute Gasteiger partial charge is 0.508 e. The van der Waals surface area contributed by atoms with Crippen molar-refractivity contribution in [1.82, 2.24) is 0 Å². The number of carboxylic acid groups (broad SMARTS) is 2. The fourth-order valence-corrected chi connectivity index (χ4v) is 5.94. The van der Waals surface area contributed by atoms with Gasteiger partial charge in [0.25, 0.3) is 0 Å². The molecule has 310 valence electrons. The van der Waals surface area contributed by atoms with E-state index in [-0.39, 0.29) is 5.56 Å². The number of benzene rings is 2. The van der Waals surface area contributed by atoms with Gasteiger partial charge in [-0.2, -0.15) is 0 Å². The summed E-state index contributed by atoms with van der Waals surface area (Å²) in [6.07, 6.45) is -20.6. The molecule has 3 aromatic rings. The van der Waals surface area contributed by atoms with Gasteiger partial charge in [-0.1, -0.05) is 0 Å². The highest BCUT2D eigenvalue weighted by atomic mass is 16.7. The van der Waals surface area contributed by atoms with E-state index in [2.05, 4.69) is 0 Å². The summed E-state index contributed by atoms with van der Waals surface area (Å²) in [4.78, 5) is 60.6. The topological polar surface area (TPSA) is 356 Å². The highest BCUT2D eigenvalue weighted by Crippen LogP contribution is 2.40. The number of phenols is 4. The number of aliphatic hydroxyl groups excluding tert-OH is 4. The minimum Gasteiger partial charge on any atom is -0.508 e. The molecule has 10 atom stereocenters. The van der Waals surface area contributed by atoms with Gasteiger partial charge in [-0.05, 0) is 25.1 Å². The third-order valence-corrected chi connectivity index (χ3v) is 8.86. The summed E-state index contributed by atoms with van der Waals surface area (Å²) >= 11 is 0. The van der Waals surface area contributed by atoms with Crippen LogP contribution in [0.4, 0.5) is 0 Å². The summed E-state index contributed by atoms with van der Waals surface area (Å²) in [6.45, 7) is 0.538. The Morgan fingerprint density at radius 1 is 0.702 bits per heavy atom. The molecule has 0 spiro atoms. The molecule has 3 heterocycles. The molecular formula is C35H38O22. The molecular weight excluding hydrogens is 772 g/mol. The van der Waals surface area contributed by atoms with Crippen LogP contribution in [0.15, 0.2) is 39.5 Å². The number of rotatable bonds is 14. The summed E-state index contributed by atoms with van der Waals surface area (Å²) in [7, 11) is 0. The molecule has 2 saturated heterocycles. The zero-order valence-electron chi connectivity index (χ0n) is 29.6. The number of esters is 2. The Bertz CT molecular complexity index is 2040. The molecule has 57 heavy (non-hydrogen) atoms. The molecule has 0 bridgehead atoms. The molecule has 5 rings (SSSR count). The van der Waals surface area contributed by atoms with E-state index < -0.39 is 168 Å². The third-order valence-electron chi connectivity index (χ3n) is 8.86. The van der Waals surface area contributed by atoms with E-state index >= 15 is 0 Å². The van der Waals surface area contributed by atoms with Gasteiger partial charge in [0.1, 0.15) is 53.0 Å². The van der Waals surface area contributed by atoms with Crippen molar-refractivity contribution in [2.75, 3.05) is 6.61 Å². The first-order valence-corrected chi connectivity index (χ1v) is 17.0. The van der Waals surface area contributed by atoms with Crippen LogP contribution in [0.1, 0.15) is 32.6 Å². The van der Waals surface area contributed by atoms with Crippen molar-refractivity contribution in [1.29, 1.82) is 0 Å². The van der Waals surface area contributed by atoms with E-state index in [9.17, 15) is 64.8 Å². The maximum atomic E-state index is 14.0. The van der Waals surface area contributed by atoms with Crippen molar-refractivity contribution in [3.8, 4) is 40.1 Å². The minimum absolute atomic E-state index is 0.143. The van der Waals surface area contributed by atoms with Crippen molar-refractivity contribution < 1.29 is 103 Å². The smallest absolute Gasteiger partial charge is 0.306 e. The molecule has 2 aliphatic heterocycles. The number of carbonyl (C=O) groups excluding carboxylic acids is 2. The summed E-state index contributed by atoms with van der Waals surface area (Å²) < 4.78 is 39.0. The van der Waals surface area contributed by atoms with Crippen LogP contribution < -0.4 is 10.2 Å². The first-order valence-electron chi connectivity index (χ1n) is 17.0. The number of aliphatic carboxylic acids is 2. The molecule has 10 N–H and O–H groups in total. The van der Waals surface area contributed by atoms with E-state index in [0.717, 1.165) is 24.3 Å². The summed E-state index contributed by atoms with van der Waals surface area (Å²) in [5.41, 5.74) is -1.69. The predicted octanol–water partition coefficient (Wildman–Crippen LogP) is -0.856. The van der Waals surface area contributed by atoms with Crippen LogP contribution in [-0.2, 0) is 42.9 Å². The number of carboxylic acids is 2. The third kappa shape index (κ3) is 9.62. The molecule has 0 radical (unpaired) electrons. The van der Waals surface area contributed by atoms with Crippen molar-refractivity contribution in [2.24, 2.45) is 0 Å². The minimum atomic E-state index is -2.14. The maximum absolute atomic E-state index is 14.0. The lowest BCUT2D eigenvalue weighted by Gasteiger charge is -2.43. The first kappa shape index (κ1) is 42.4. The van der Waals surface area contributed by atoms with Crippen molar-refractivity contribution in [2.45, 2.75) is 94.0 Å². The van der Waals surface area contributed by atoms with Crippen LogP contribution in [-0.4, -0.2) is 143 Å². The average Bonchev–Trinajstić information content (AvgIpc) is 3.14. The SMILES string of the molecule is C[C@@H]1O[C@@H](OC[C@H]2O[C@@H](Oc3c(-c4ccc(O)c(O)c4)oc4cc(O)cc(O)c4c3=O)[C@H](OC(=O)CCC(=O)O)[C@@H](O)[C@@H]2O)[C@H](O)[C@H](O)[C@H]1OC(=O)CCC(=O)O. The van der Waals surface area contributed by atoms with Gasteiger partial charge in [0, 0.05) is 17.7 Å². The molecule has 22 heteroatoms. The highest BCUT2D eigenvalue weighted by molar-refractivity contribution is 5.88. The van der Waals surface area contributed by atoms with E-state index in [1.54, 1.807) is 0 Å². The quantitative estimate of drug-likeness (QED) is 0.0699. The zero-order chi connectivity index (χ0) is 41.9.